The van der Waals surface area contributed by atoms with Gasteiger partial charge in [0.15, 0.2) is 0 Å². The molecule has 1 fully saturated rings. The van der Waals surface area contributed by atoms with E-state index in [1.54, 1.807) is 11.0 Å². The first-order chi connectivity index (χ1) is 11.6. The Kier molecular flexibility index (Phi) is 5.38. The number of aromatic nitrogens is 3. The van der Waals surface area contributed by atoms with Crippen molar-refractivity contribution in [1.82, 2.24) is 19.7 Å². The summed E-state index contributed by atoms with van der Waals surface area (Å²) in [6, 6.07) is 7.96. The summed E-state index contributed by atoms with van der Waals surface area (Å²) in [4.78, 5) is 8.57. The van der Waals surface area contributed by atoms with E-state index in [0.717, 1.165) is 36.9 Å². The van der Waals surface area contributed by atoms with Crippen LogP contribution in [0.15, 0.2) is 36.9 Å². The molecule has 130 valence electrons. The molecule has 24 heavy (non-hydrogen) atoms. The Balaban J connectivity index is 1.57. The van der Waals surface area contributed by atoms with Gasteiger partial charge in [0.05, 0.1) is 22.9 Å². The molecule has 0 bridgehead atoms. The van der Waals surface area contributed by atoms with Crippen LogP contribution < -0.4 is 4.90 Å². The van der Waals surface area contributed by atoms with Gasteiger partial charge in [-0.1, -0.05) is 30.7 Å². The third-order valence-electron chi connectivity index (χ3n) is 4.66. The topological polar surface area (TPSA) is 57.4 Å². The summed E-state index contributed by atoms with van der Waals surface area (Å²) in [5.74, 6) is 0. The molecule has 1 aliphatic heterocycles. The van der Waals surface area contributed by atoms with E-state index in [1.165, 1.54) is 6.33 Å². The Morgan fingerprint density at radius 2 is 1.92 bits per heavy atom. The summed E-state index contributed by atoms with van der Waals surface area (Å²) in [6.07, 6.45) is 3.83. The summed E-state index contributed by atoms with van der Waals surface area (Å²) < 4.78 is 1.70. The van der Waals surface area contributed by atoms with Gasteiger partial charge in [0.1, 0.15) is 12.7 Å². The fraction of sp³-hybridized carbons (Fsp3) is 0.529. The molecule has 0 spiro atoms. The lowest BCUT2D eigenvalue weighted by Gasteiger charge is -2.40. The molecular formula is C17H24ClN5O. The Labute approximate surface area is 147 Å². The van der Waals surface area contributed by atoms with Gasteiger partial charge in [-0.2, -0.15) is 5.10 Å². The minimum atomic E-state index is -0.791. The van der Waals surface area contributed by atoms with Crippen molar-refractivity contribution in [2.75, 3.05) is 37.6 Å². The van der Waals surface area contributed by atoms with Crippen LogP contribution in [0.3, 0.4) is 0 Å². The summed E-state index contributed by atoms with van der Waals surface area (Å²) in [7, 11) is 0. The Morgan fingerprint density at radius 1 is 1.17 bits per heavy atom. The van der Waals surface area contributed by atoms with Crippen molar-refractivity contribution in [2.45, 2.75) is 25.5 Å². The van der Waals surface area contributed by atoms with E-state index in [9.17, 15) is 5.11 Å². The van der Waals surface area contributed by atoms with E-state index in [1.807, 2.05) is 25.1 Å². The second kappa shape index (κ2) is 7.51. The lowest BCUT2D eigenvalue weighted by Crippen LogP contribution is -2.53. The van der Waals surface area contributed by atoms with E-state index in [4.69, 9.17) is 11.6 Å². The zero-order valence-corrected chi connectivity index (χ0v) is 14.7. The highest BCUT2D eigenvalue weighted by molar-refractivity contribution is 6.33. The first-order valence-corrected chi connectivity index (χ1v) is 8.74. The number of para-hydroxylation sites is 1. The van der Waals surface area contributed by atoms with Crippen molar-refractivity contribution in [3.63, 3.8) is 0 Å². The molecule has 1 atom stereocenters. The molecule has 0 saturated carbocycles. The second-order valence-electron chi connectivity index (χ2n) is 6.39. The highest BCUT2D eigenvalue weighted by Gasteiger charge is 2.30. The maximum Gasteiger partial charge on any atom is 0.137 e. The number of nitrogens with zero attached hydrogens (tertiary/aromatic N) is 5. The molecule has 7 heteroatoms. The lowest BCUT2D eigenvalue weighted by molar-refractivity contribution is -0.0181. The quantitative estimate of drug-likeness (QED) is 0.863. The number of hydrogen-bond acceptors (Lipinski definition) is 5. The van der Waals surface area contributed by atoms with Crippen molar-refractivity contribution in [1.29, 1.82) is 0 Å². The van der Waals surface area contributed by atoms with Crippen LogP contribution in [0, 0.1) is 0 Å². The average molecular weight is 350 g/mol. The summed E-state index contributed by atoms with van der Waals surface area (Å²) in [6.45, 7) is 6.75. The van der Waals surface area contributed by atoms with Crippen molar-refractivity contribution < 1.29 is 5.11 Å². The molecule has 1 aromatic carbocycles. The molecule has 2 heterocycles. The summed E-state index contributed by atoms with van der Waals surface area (Å²) in [5, 5.41) is 15.8. The normalized spacial score (nSPS) is 18.5. The number of halogens is 1. The van der Waals surface area contributed by atoms with E-state index in [0.29, 0.717) is 19.5 Å². The molecule has 0 aliphatic carbocycles. The molecular weight excluding hydrogens is 326 g/mol. The van der Waals surface area contributed by atoms with Crippen LogP contribution in [0.4, 0.5) is 5.69 Å². The number of piperazine rings is 1. The number of rotatable bonds is 6. The number of aliphatic hydroxyl groups is 1. The maximum atomic E-state index is 10.9. The fourth-order valence-corrected chi connectivity index (χ4v) is 3.42. The minimum Gasteiger partial charge on any atom is -0.387 e. The van der Waals surface area contributed by atoms with Gasteiger partial charge in [-0.3, -0.25) is 9.58 Å². The Hall–Kier alpha value is -1.63. The molecule has 1 aliphatic rings. The van der Waals surface area contributed by atoms with Gasteiger partial charge in [-0.25, -0.2) is 4.98 Å². The number of anilines is 1. The smallest absolute Gasteiger partial charge is 0.137 e. The Bertz CT molecular complexity index is 642. The van der Waals surface area contributed by atoms with Gasteiger partial charge in [-0.15, -0.1) is 0 Å². The van der Waals surface area contributed by atoms with Crippen molar-refractivity contribution in [3.8, 4) is 0 Å². The molecule has 1 saturated heterocycles. The summed E-state index contributed by atoms with van der Waals surface area (Å²) >= 11 is 6.29. The molecule has 3 rings (SSSR count). The van der Waals surface area contributed by atoms with Crippen LogP contribution in [0.1, 0.15) is 13.3 Å². The molecule has 1 unspecified atom stereocenters. The highest BCUT2D eigenvalue weighted by atomic mass is 35.5. The van der Waals surface area contributed by atoms with Gasteiger partial charge in [-0.05, 0) is 18.6 Å². The van der Waals surface area contributed by atoms with Crippen molar-refractivity contribution in [3.05, 3.63) is 41.9 Å². The predicted molar refractivity (Wildman–Crippen MR) is 95.4 cm³/mol. The number of benzene rings is 1. The number of β-amino-alcohol motifs (C(OH)–C–C–N with tert-alkyl or cyclic N) is 1. The predicted octanol–water partition coefficient (Wildman–Crippen LogP) is 1.89. The zero-order valence-electron chi connectivity index (χ0n) is 14.0. The monoisotopic (exact) mass is 349 g/mol. The SMILES string of the molecule is CCC(O)(CN1CCN(c2ccccc2Cl)CC1)Cn1cncn1. The van der Waals surface area contributed by atoms with E-state index in [-0.39, 0.29) is 0 Å². The highest BCUT2D eigenvalue weighted by Crippen LogP contribution is 2.26. The van der Waals surface area contributed by atoms with Gasteiger partial charge >= 0.3 is 0 Å². The first-order valence-electron chi connectivity index (χ1n) is 8.36. The molecule has 1 aromatic heterocycles. The van der Waals surface area contributed by atoms with E-state index < -0.39 is 5.60 Å². The van der Waals surface area contributed by atoms with E-state index >= 15 is 0 Å². The average Bonchev–Trinajstić information content (AvgIpc) is 3.09. The van der Waals surface area contributed by atoms with Crippen molar-refractivity contribution >= 4 is 17.3 Å². The van der Waals surface area contributed by atoms with Gasteiger partial charge in [0.2, 0.25) is 0 Å². The molecule has 6 nitrogen and oxygen atoms in total. The van der Waals surface area contributed by atoms with Crippen LogP contribution in [0.25, 0.3) is 0 Å². The molecule has 2 aromatic rings. The van der Waals surface area contributed by atoms with Crippen LogP contribution in [-0.4, -0.2) is 63.1 Å². The van der Waals surface area contributed by atoms with Crippen LogP contribution >= 0.6 is 11.6 Å². The van der Waals surface area contributed by atoms with Gasteiger partial charge in [0, 0.05) is 32.7 Å². The second-order valence-corrected chi connectivity index (χ2v) is 6.79. The molecule has 0 amide bonds. The lowest BCUT2D eigenvalue weighted by atomic mass is 9.99. The maximum absolute atomic E-state index is 10.9. The largest absolute Gasteiger partial charge is 0.387 e. The first kappa shape index (κ1) is 17.2. The van der Waals surface area contributed by atoms with Crippen LogP contribution in [-0.2, 0) is 6.54 Å². The van der Waals surface area contributed by atoms with Crippen LogP contribution in [0.5, 0.6) is 0 Å². The Morgan fingerprint density at radius 3 is 2.54 bits per heavy atom. The third-order valence-corrected chi connectivity index (χ3v) is 4.98. The van der Waals surface area contributed by atoms with Crippen LogP contribution in [0.2, 0.25) is 5.02 Å². The number of hydrogen-bond donors (Lipinski definition) is 1. The summed E-state index contributed by atoms with van der Waals surface area (Å²) in [5.41, 5.74) is 0.299. The zero-order chi connectivity index (χ0) is 17.0. The third kappa shape index (κ3) is 4.06. The standard InChI is InChI=1S/C17H24ClN5O/c1-2-17(24,12-23-14-19-13-20-23)11-21-7-9-22(10-8-21)16-6-4-3-5-15(16)18/h3-6,13-14,24H,2,7-12H2,1H3. The molecule has 0 radical (unpaired) electrons. The van der Waals surface area contributed by atoms with Crippen molar-refractivity contribution in [2.24, 2.45) is 0 Å². The fourth-order valence-electron chi connectivity index (χ4n) is 3.16. The van der Waals surface area contributed by atoms with Gasteiger partial charge in [0.25, 0.3) is 0 Å². The minimum absolute atomic E-state index is 0.466. The van der Waals surface area contributed by atoms with Gasteiger partial charge < -0.3 is 10.0 Å². The molecule has 1 N–H and O–H groups in total. The van der Waals surface area contributed by atoms with E-state index in [2.05, 4.69) is 25.9 Å².